The molecule has 4 heteroatoms. The summed E-state index contributed by atoms with van der Waals surface area (Å²) in [7, 11) is 0. The van der Waals surface area contributed by atoms with E-state index in [-0.39, 0.29) is 5.91 Å². The van der Waals surface area contributed by atoms with Gasteiger partial charge in [0.2, 0.25) is 0 Å². The van der Waals surface area contributed by atoms with E-state index in [0.717, 1.165) is 22.0 Å². The Morgan fingerprint density at radius 1 is 1.19 bits per heavy atom. The second kappa shape index (κ2) is 6.36. The first kappa shape index (κ1) is 14.9. The highest BCUT2D eigenvalue weighted by Crippen LogP contribution is 2.30. The first-order chi connectivity index (χ1) is 10.1. The maximum absolute atomic E-state index is 12.8. The van der Waals surface area contributed by atoms with Gasteiger partial charge < -0.3 is 4.90 Å². The number of carbonyl (C=O) groups excluding carboxylic acids is 1. The van der Waals surface area contributed by atoms with Crippen LogP contribution in [0.4, 0.5) is 0 Å². The molecule has 1 fully saturated rings. The fourth-order valence-electron chi connectivity index (χ4n) is 2.33. The highest BCUT2D eigenvalue weighted by molar-refractivity contribution is 14.1. The van der Waals surface area contributed by atoms with Crippen molar-refractivity contribution in [3.05, 3.63) is 68.3 Å². The molecule has 0 atom stereocenters. The SMILES string of the molecule is O=C(c1ccc(I)c(Cl)c1)N(Cc1ccccc1)C1CC1. The van der Waals surface area contributed by atoms with Crippen molar-refractivity contribution in [2.45, 2.75) is 25.4 Å². The van der Waals surface area contributed by atoms with Crippen molar-refractivity contribution in [2.24, 2.45) is 0 Å². The summed E-state index contributed by atoms with van der Waals surface area (Å²) in [5, 5.41) is 0.636. The Balaban J connectivity index is 1.83. The minimum atomic E-state index is 0.0691. The van der Waals surface area contributed by atoms with Crippen molar-refractivity contribution >= 4 is 40.1 Å². The van der Waals surface area contributed by atoms with Crippen LogP contribution in [0, 0.1) is 3.57 Å². The van der Waals surface area contributed by atoms with Crippen LogP contribution in [-0.4, -0.2) is 16.8 Å². The number of rotatable bonds is 4. The fraction of sp³-hybridized carbons (Fsp3) is 0.235. The smallest absolute Gasteiger partial charge is 0.254 e. The van der Waals surface area contributed by atoms with Crippen LogP contribution in [0.15, 0.2) is 48.5 Å². The zero-order valence-corrected chi connectivity index (χ0v) is 14.3. The van der Waals surface area contributed by atoms with Crippen molar-refractivity contribution < 1.29 is 4.79 Å². The number of carbonyl (C=O) groups is 1. The standard InChI is InChI=1S/C17H15ClINO/c18-15-10-13(6-9-16(15)19)17(21)20(14-7-8-14)11-12-4-2-1-3-5-12/h1-6,9-10,14H,7-8,11H2. The Kier molecular flexibility index (Phi) is 4.50. The maximum atomic E-state index is 12.8. The molecule has 1 saturated carbocycles. The summed E-state index contributed by atoms with van der Waals surface area (Å²) in [5.41, 5.74) is 1.83. The number of nitrogens with zero attached hydrogens (tertiary/aromatic N) is 1. The van der Waals surface area contributed by atoms with Crippen molar-refractivity contribution in [2.75, 3.05) is 0 Å². The molecular weight excluding hydrogens is 397 g/mol. The van der Waals surface area contributed by atoms with E-state index < -0.39 is 0 Å². The molecule has 1 amide bonds. The Morgan fingerprint density at radius 3 is 2.52 bits per heavy atom. The highest BCUT2D eigenvalue weighted by atomic mass is 127. The van der Waals surface area contributed by atoms with E-state index in [2.05, 4.69) is 34.7 Å². The second-order valence-corrected chi connectivity index (χ2v) is 6.85. The van der Waals surface area contributed by atoms with Crippen LogP contribution < -0.4 is 0 Å². The first-order valence-corrected chi connectivity index (χ1v) is 8.41. The van der Waals surface area contributed by atoms with Crippen molar-refractivity contribution in [1.29, 1.82) is 0 Å². The third-order valence-corrected chi connectivity index (χ3v) is 5.18. The molecule has 0 N–H and O–H groups in total. The van der Waals surface area contributed by atoms with Crippen LogP contribution in [0.2, 0.25) is 5.02 Å². The number of halogens is 2. The lowest BCUT2D eigenvalue weighted by Gasteiger charge is -2.23. The molecule has 2 aromatic rings. The van der Waals surface area contributed by atoms with E-state index in [1.54, 1.807) is 6.07 Å². The maximum Gasteiger partial charge on any atom is 0.254 e. The van der Waals surface area contributed by atoms with E-state index in [9.17, 15) is 4.79 Å². The molecule has 0 unspecified atom stereocenters. The van der Waals surface area contributed by atoms with E-state index in [4.69, 9.17) is 11.6 Å². The molecule has 3 rings (SSSR count). The molecule has 0 aliphatic heterocycles. The third-order valence-electron chi connectivity index (χ3n) is 3.61. The lowest BCUT2D eigenvalue weighted by atomic mass is 10.1. The second-order valence-electron chi connectivity index (χ2n) is 5.28. The number of benzene rings is 2. The zero-order chi connectivity index (χ0) is 14.8. The summed E-state index contributed by atoms with van der Waals surface area (Å²) < 4.78 is 0.965. The monoisotopic (exact) mass is 411 g/mol. The molecule has 1 aliphatic rings. The summed E-state index contributed by atoms with van der Waals surface area (Å²) in [6.45, 7) is 0.661. The summed E-state index contributed by atoms with van der Waals surface area (Å²) in [5.74, 6) is 0.0691. The molecule has 0 aromatic heterocycles. The molecule has 0 spiro atoms. The predicted molar refractivity (Wildman–Crippen MR) is 93.5 cm³/mol. The summed E-state index contributed by atoms with van der Waals surface area (Å²) in [6, 6.07) is 16.0. The third kappa shape index (κ3) is 3.58. The van der Waals surface area contributed by atoms with Gasteiger partial charge in [0, 0.05) is 21.7 Å². The van der Waals surface area contributed by atoms with Crippen LogP contribution in [0.25, 0.3) is 0 Å². The Hall–Kier alpha value is -1.07. The first-order valence-electron chi connectivity index (χ1n) is 6.95. The van der Waals surface area contributed by atoms with Crippen LogP contribution in [0.3, 0.4) is 0 Å². The lowest BCUT2D eigenvalue weighted by Crippen LogP contribution is -2.32. The van der Waals surface area contributed by atoms with E-state index in [1.807, 2.05) is 35.2 Å². The van der Waals surface area contributed by atoms with Gasteiger partial charge in [-0.05, 0) is 59.2 Å². The summed E-state index contributed by atoms with van der Waals surface area (Å²) in [4.78, 5) is 14.7. The molecule has 0 bridgehead atoms. The van der Waals surface area contributed by atoms with E-state index >= 15 is 0 Å². The average Bonchev–Trinajstić information content (AvgIpc) is 3.33. The number of hydrogen-bond acceptors (Lipinski definition) is 1. The normalized spacial score (nSPS) is 14.0. The molecule has 108 valence electrons. The summed E-state index contributed by atoms with van der Waals surface area (Å²) >= 11 is 8.31. The van der Waals surface area contributed by atoms with Gasteiger partial charge in [-0.2, -0.15) is 0 Å². The van der Waals surface area contributed by atoms with Gasteiger partial charge in [-0.25, -0.2) is 0 Å². The summed E-state index contributed by atoms with van der Waals surface area (Å²) in [6.07, 6.45) is 2.19. The zero-order valence-electron chi connectivity index (χ0n) is 11.4. The molecule has 0 heterocycles. The fourth-order valence-corrected chi connectivity index (χ4v) is 2.84. The molecule has 0 saturated heterocycles. The molecule has 2 nitrogen and oxygen atoms in total. The van der Waals surface area contributed by atoms with Crippen LogP contribution in [-0.2, 0) is 6.54 Å². The molecule has 21 heavy (non-hydrogen) atoms. The Bertz CT molecular complexity index is 655. The van der Waals surface area contributed by atoms with Gasteiger partial charge in [-0.3, -0.25) is 4.79 Å². The molecule has 0 radical (unpaired) electrons. The predicted octanol–water partition coefficient (Wildman–Crippen LogP) is 4.75. The van der Waals surface area contributed by atoms with Crippen molar-refractivity contribution in [3.63, 3.8) is 0 Å². The minimum Gasteiger partial charge on any atom is -0.331 e. The van der Waals surface area contributed by atoms with Gasteiger partial charge in [0.15, 0.2) is 0 Å². The van der Waals surface area contributed by atoms with Gasteiger partial charge >= 0.3 is 0 Å². The van der Waals surface area contributed by atoms with Crippen LogP contribution >= 0.6 is 34.2 Å². The van der Waals surface area contributed by atoms with Crippen molar-refractivity contribution in [3.8, 4) is 0 Å². The van der Waals surface area contributed by atoms with Crippen molar-refractivity contribution in [1.82, 2.24) is 4.90 Å². The highest BCUT2D eigenvalue weighted by Gasteiger charge is 2.33. The van der Waals surface area contributed by atoms with Gasteiger partial charge in [0.25, 0.3) is 5.91 Å². The van der Waals surface area contributed by atoms with E-state index in [0.29, 0.717) is 23.2 Å². The van der Waals surface area contributed by atoms with Gasteiger partial charge in [0.1, 0.15) is 0 Å². The number of amides is 1. The quantitative estimate of drug-likeness (QED) is 0.665. The molecule has 2 aromatic carbocycles. The largest absolute Gasteiger partial charge is 0.331 e. The Morgan fingerprint density at radius 2 is 1.90 bits per heavy atom. The minimum absolute atomic E-state index is 0.0691. The lowest BCUT2D eigenvalue weighted by molar-refractivity contribution is 0.0730. The topological polar surface area (TPSA) is 20.3 Å². The molecular formula is C17H15ClINO. The van der Waals surface area contributed by atoms with Gasteiger partial charge in [-0.15, -0.1) is 0 Å². The van der Waals surface area contributed by atoms with Gasteiger partial charge in [-0.1, -0.05) is 41.9 Å². The van der Waals surface area contributed by atoms with Gasteiger partial charge in [0.05, 0.1) is 5.02 Å². The molecule has 1 aliphatic carbocycles. The Labute approximate surface area is 143 Å². The van der Waals surface area contributed by atoms with Crippen LogP contribution in [0.1, 0.15) is 28.8 Å². The average molecular weight is 412 g/mol. The van der Waals surface area contributed by atoms with Crippen LogP contribution in [0.5, 0.6) is 0 Å². The van der Waals surface area contributed by atoms with E-state index in [1.165, 1.54) is 0 Å². The number of hydrogen-bond donors (Lipinski definition) is 0.